The summed E-state index contributed by atoms with van der Waals surface area (Å²) in [6, 6.07) is -0.172. The molecule has 0 saturated carbocycles. The van der Waals surface area contributed by atoms with Crippen LogP contribution < -0.4 is 0 Å². The first-order valence-electron chi connectivity index (χ1n) is 5.47. The third-order valence-electron chi connectivity index (χ3n) is 2.95. The summed E-state index contributed by atoms with van der Waals surface area (Å²) >= 11 is 0. The predicted molar refractivity (Wildman–Crippen MR) is 61.4 cm³/mol. The zero-order chi connectivity index (χ0) is 12.3. The first-order valence-corrected chi connectivity index (χ1v) is 6.97. The second kappa shape index (κ2) is 5.08. The van der Waals surface area contributed by atoms with Crippen molar-refractivity contribution in [3.8, 4) is 0 Å². The number of isocyanates is 1. The molecule has 5 nitrogen and oxygen atoms in total. The van der Waals surface area contributed by atoms with Crippen molar-refractivity contribution in [1.29, 1.82) is 0 Å². The number of hydrogen-bond donors (Lipinski definition) is 0. The van der Waals surface area contributed by atoms with Gasteiger partial charge in [0.05, 0.1) is 11.3 Å². The van der Waals surface area contributed by atoms with Crippen molar-refractivity contribution in [2.45, 2.75) is 50.9 Å². The van der Waals surface area contributed by atoms with E-state index in [1.165, 1.54) is 4.31 Å². The maximum Gasteiger partial charge on any atom is 0.235 e. The normalized spacial score (nSPS) is 27.8. The highest BCUT2D eigenvalue weighted by atomic mass is 32.2. The molecule has 0 aromatic rings. The second-order valence-electron chi connectivity index (χ2n) is 4.45. The molecule has 0 radical (unpaired) electrons. The number of carbonyl (C=O) groups excluding carboxylic acids is 1. The van der Waals surface area contributed by atoms with Gasteiger partial charge in [0, 0.05) is 12.6 Å². The highest BCUT2D eigenvalue weighted by Gasteiger charge is 2.34. The molecular formula is C10H18N2O3S. The Morgan fingerprint density at radius 2 is 2.06 bits per heavy atom. The van der Waals surface area contributed by atoms with Gasteiger partial charge in [0.15, 0.2) is 0 Å². The van der Waals surface area contributed by atoms with Crippen LogP contribution >= 0.6 is 0 Å². The third kappa shape index (κ3) is 2.70. The minimum Gasteiger partial charge on any atom is -0.212 e. The van der Waals surface area contributed by atoms with Crippen LogP contribution in [0, 0.1) is 0 Å². The number of rotatable bonds is 3. The van der Waals surface area contributed by atoms with E-state index in [0.29, 0.717) is 19.4 Å². The summed E-state index contributed by atoms with van der Waals surface area (Å²) in [6.45, 7) is 5.65. The average molecular weight is 246 g/mol. The fourth-order valence-corrected chi connectivity index (χ4v) is 3.46. The maximum absolute atomic E-state index is 12.0. The van der Waals surface area contributed by atoms with Crippen molar-refractivity contribution in [2.75, 3.05) is 6.54 Å². The van der Waals surface area contributed by atoms with E-state index >= 15 is 0 Å². The summed E-state index contributed by atoms with van der Waals surface area (Å²) in [7, 11) is -3.19. The summed E-state index contributed by atoms with van der Waals surface area (Å²) in [5.74, 6) is 0. The molecule has 0 amide bonds. The molecule has 0 aromatic carbocycles. The highest BCUT2D eigenvalue weighted by Crippen LogP contribution is 2.24. The lowest BCUT2D eigenvalue weighted by molar-refractivity contribution is 0.246. The Morgan fingerprint density at radius 3 is 2.50 bits per heavy atom. The lowest BCUT2D eigenvalue weighted by Gasteiger charge is -2.35. The maximum atomic E-state index is 12.0. The van der Waals surface area contributed by atoms with Crippen LogP contribution in [0.15, 0.2) is 4.99 Å². The predicted octanol–water partition coefficient (Wildman–Crippen LogP) is 0.913. The number of piperidine rings is 1. The summed E-state index contributed by atoms with van der Waals surface area (Å²) in [5, 5.41) is -0.402. The monoisotopic (exact) mass is 246 g/mol. The Bertz CT molecular complexity index is 385. The standard InChI is InChI=1S/C10H18N2O3S/c1-8(2)16(14,15)12-5-4-10(11-7-13)6-9(12)3/h8-10H,4-6H2,1-3H3. The van der Waals surface area contributed by atoms with Gasteiger partial charge in [0.1, 0.15) is 0 Å². The van der Waals surface area contributed by atoms with Crippen molar-refractivity contribution in [2.24, 2.45) is 4.99 Å². The van der Waals surface area contributed by atoms with Gasteiger partial charge in [-0.1, -0.05) is 0 Å². The van der Waals surface area contributed by atoms with Crippen molar-refractivity contribution in [3.63, 3.8) is 0 Å². The molecule has 6 heteroatoms. The van der Waals surface area contributed by atoms with E-state index < -0.39 is 15.3 Å². The zero-order valence-electron chi connectivity index (χ0n) is 9.88. The van der Waals surface area contributed by atoms with Gasteiger partial charge in [-0.05, 0) is 33.6 Å². The number of hydrogen-bond acceptors (Lipinski definition) is 4. The van der Waals surface area contributed by atoms with Crippen LogP contribution in [0.1, 0.15) is 33.6 Å². The molecular weight excluding hydrogens is 228 g/mol. The Labute approximate surface area is 96.6 Å². The van der Waals surface area contributed by atoms with Crippen molar-refractivity contribution < 1.29 is 13.2 Å². The summed E-state index contributed by atoms with van der Waals surface area (Å²) < 4.78 is 25.5. The van der Waals surface area contributed by atoms with Crippen LogP contribution in [0.5, 0.6) is 0 Å². The second-order valence-corrected chi connectivity index (χ2v) is 6.89. The van der Waals surface area contributed by atoms with Crippen LogP contribution in [0.3, 0.4) is 0 Å². The number of aliphatic imine (C=N–C) groups is 1. The fourth-order valence-electron chi connectivity index (χ4n) is 1.97. The van der Waals surface area contributed by atoms with Gasteiger partial charge >= 0.3 is 0 Å². The Morgan fingerprint density at radius 1 is 1.44 bits per heavy atom. The summed E-state index contributed by atoms with van der Waals surface area (Å²) in [5.41, 5.74) is 0. The molecule has 92 valence electrons. The van der Waals surface area contributed by atoms with Crippen LogP contribution in [-0.2, 0) is 14.8 Å². The van der Waals surface area contributed by atoms with Crippen LogP contribution in [0.25, 0.3) is 0 Å². The minimum atomic E-state index is -3.19. The first-order chi connectivity index (χ1) is 7.39. The van der Waals surface area contributed by atoms with Gasteiger partial charge in [-0.15, -0.1) is 0 Å². The van der Waals surface area contributed by atoms with Crippen molar-refractivity contribution >= 4 is 16.1 Å². The first kappa shape index (κ1) is 13.4. The third-order valence-corrected chi connectivity index (χ3v) is 5.33. The largest absolute Gasteiger partial charge is 0.235 e. The fraction of sp³-hybridized carbons (Fsp3) is 0.900. The van der Waals surface area contributed by atoms with E-state index in [9.17, 15) is 13.2 Å². The van der Waals surface area contributed by atoms with Crippen molar-refractivity contribution in [3.05, 3.63) is 0 Å². The molecule has 0 spiro atoms. The van der Waals surface area contributed by atoms with Crippen molar-refractivity contribution in [1.82, 2.24) is 4.31 Å². The molecule has 1 saturated heterocycles. The minimum absolute atomic E-state index is 0.0777. The topological polar surface area (TPSA) is 66.8 Å². The molecule has 2 unspecified atom stereocenters. The molecule has 0 bridgehead atoms. The van der Waals surface area contributed by atoms with Gasteiger partial charge in [0.25, 0.3) is 0 Å². The van der Waals surface area contributed by atoms with Gasteiger partial charge in [-0.2, -0.15) is 4.31 Å². The molecule has 1 heterocycles. The molecule has 0 N–H and O–H groups in total. The van der Waals surface area contributed by atoms with Gasteiger partial charge < -0.3 is 0 Å². The Balaban J connectivity index is 2.78. The lowest BCUT2D eigenvalue weighted by Crippen LogP contribution is -2.48. The molecule has 0 aromatic heterocycles. The summed E-state index contributed by atoms with van der Waals surface area (Å²) in [4.78, 5) is 13.8. The van der Waals surface area contributed by atoms with Gasteiger partial charge in [-0.3, -0.25) is 0 Å². The highest BCUT2D eigenvalue weighted by molar-refractivity contribution is 7.89. The van der Waals surface area contributed by atoms with E-state index in [0.717, 1.165) is 0 Å². The molecule has 1 aliphatic heterocycles. The van der Waals surface area contributed by atoms with Crippen LogP contribution in [-0.4, -0.2) is 42.7 Å². The van der Waals surface area contributed by atoms with Gasteiger partial charge in [-0.25, -0.2) is 18.2 Å². The van der Waals surface area contributed by atoms with E-state index in [1.54, 1.807) is 19.9 Å². The molecule has 1 fully saturated rings. The quantitative estimate of drug-likeness (QED) is 0.549. The zero-order valence-corrected chi connectivity index (χ0v) is 10.7. The molecule has 0 aliphatic carbocycles. The number of sulfonamides is 1. The van der Waals surface area contributed by atoms with Crippen LogP contribution in [0.4, 0.5) is 0 Å². The summed E-state index contributed by atoms with van der Waals surface area (Å²) in [6.07, 6.45) is 2.74. The van der Waals surface area contributed by atoms with E-state index in [4.69, 9.17) is 0 Å². The van der Waals surface area contributed by atoms with E-state index in [2.05, 4.69) is 4.99 Å². The van der Waals surface area contributed by atoms with Crippen LogP contribution in [0.2, 0.25) is 0 Å². The smallest absolute Gasteiger partial charge is 0.212 e. The molecule has 1 rings (SSSR count). The Hall–Kier alpha value is -0.710. The Kier molecular flexibility index (Phi) is 4.24. The van der Waals surface area contributed by atoms with Gasteiger partial charge in [0.2, 0.25) is 16.1 Å². The molecule has 1 aliphatic rings. The van der Waals surface area contributed by atoms with E-state index in [-0.39, 0.29) is 12.1 Å². The van der Waals surface area contributed by atoms with E-state index in [1.807, 2.05) is 6.92 Å². The lowest BCUT2D eigenvalue weighted by atomic mass is 10.0. The molecule has 2 atom stereocenters. The average Bonchev–Trinajstić information content (AvgIpc) is 2.17. The number of nitrogens with zero attached hydrogens (tertiary/aromatic N) is 2. The SMILES string of the molecule is CC1CC(N=C=O)CCN1S(=O)(=O)C(C)C. The molecule has 16 heavy (non-hydrogen) atoms.